The van der Waals surface area contributed by atoms with Gasteiger partial charge in [-0.25, -0.2) is 0 Å². The van der Waals surface area contributed by atoms with Gasteiger partial charge in [-0.2, -0.15) is 0 Å². The summed E-state index contributed by atoms with van der Waals surface area (Å²) in [4.78, 5) is 16.8. The van der Waals surface area contributed by atoms with E-state index >= 15 is 0 Å². The molecule has 0 spiro atoms. The van der Waals surface area contributed by atoms with E-state index in [4.69, 9.17) is 17.3 Å². The molecular weight excluding hydrogens is 358 g/mol. The number of nitrogens with zero attached hydrogens (tertiary/aromatic N) is 2. The second-order valence-electron chi connectivity index (χ2n) is 8.22. The Morgan fingerprint density at radius 2 is 2.00 bits per heavy atom. The van der Waals surface area contributed by atoms with Gasteiger partial charge in [0.2, 0.25) is 0 Å². The summed E-state index contributed by atoms with van der Waals surface area (Å²) in [6.07, 6.45) is 3.36. The van der Waals surface area contributed by atoms with E-state index in [0.717, 1.165) is 18.5 Å². The Balaban J connectivity index is 1.45. The fourth-order valence-corrected chi connectivity index (χ4v) is 4.48. The average molecular weight is 384 g/mol. The third-order valence-electron chi connectivity index (χ3n) is 5.80. The van der Waals surface area contributed by atoms with Gasteiger partial charge in [-0.3, -0.25) is 4.79 Å². The lowest BCUT2D eigenvalue weighted by Gasteiger charge is -2.21. The smallest absolute Gasteiger partial charge is 0.254 e. The molecule has 2 aliphatic rings. The van der Waals surface area contributed by atoms with Gasteiger partial charge in [-0.05, 0) is 56.6 Å². The van der Waals surface area contributed by atoms with Crippen LogP contribution in [0.4, 0.5) is 5.69 Å². The Kier molecular flexibility index (Phi) is 4.65. The molecule has 0 atom stereocenters. The maximum absolute atomic E-state index is 12.7. The Hall–Kier alpha value is -2.04. The van der Waals surface area contributed by atoms with Crippen molar-refractivity contribution in [2.75, 3.05) is 32.9 Å². The molecule has 1 saturated carbocycles. The summed E-state index contributed by atoms with van der Waals surface area (Å²) in [5.74, 6) is 0.0293. The molecule has 1 heterocycles. The van der Waals surface area contributed by atoms with Crippen LogP contribution in [0.25, 0.3) is 0 Å². The molecule has 0 radical (unpaired) electrons. The van der Waals surface area contributed by atoms with Crippen molar-refractivity contribution in [1.82, 2.24) is 9.80 Å². The van der Waals surface area contributed by atoms with Gasteiger partial charge in [0.05, 0.1) is 0 Å². The summed E-state index contributed by atoms with van der Waals surface area (Å²) in [7, 11) is 4.27. The number of benzene rings is 2. The number of carbonyl (C=O) groups excluding carboxylic acids is 1. The van der Waals surface area contributed by atoms with Gasteiger partial charge in [-0.1, -0.05) is 35.9 Å². The highest BCUT2D eigenvalue weighted by atomic mass is 35.5. The van der Waals surface area contributed by atoms with E-state index in [9.17, 15) is 4.79 Å². The number of rotatable bonds is 6. The number of hydrogen-bond acceptors (Lipinski definition) is 3. The number of nitrogens with two attached hydrogens (primary N) is 1. The SMILES string of the molecule is CN(C)CC1(c2cccc(CCN3Cc4c(N)cc(Cl)cc4C3=O)c2)CC1. The number of fused-ring (bicyclic) bond motifs is 1. The van der Waals surface area contributed by atoms with Crippen molar-refractivity contribution in [1.29, 1.82) is 0 Å². The number of likely N-dealkylation sites (N-methyl/N-ethyl adjacent to an activating group) is 1. The number of halogens is 1. The predicted molar refractivity (Wildman–Crippen MR) is 110 cm³/mol. The van der Waals surface area contributed by atoms with Crippen molar-refractivity contribution in [2.45, 2.75) is 31.2 Å². The lowest BCUT2D eigenvalue weighted by molar-refractivity contribution is 0.0780. The molecule has 5 heteroatoms. The number of carbonyl (C=O) groups is 1. The standard InChI is InChI=1S/C22H26ClN3O/c1-25(2)14-22(7-8-22)16-5-3-4-15(10-16)6-9-26-13-19-18(21(26)27)11-17(23)12-20(19)24/h3-5,10-12H,6-9,13-14,24H2,1-2H3. The average Bonchev–Trinajstić information content (AvgIpc) is 3.32. The number of anilines is 1. The van der Waals surface area contributed by atoms with Crippen molar-refractivity contribution in [2.24, 2.45) is 0 Å². The highest BCUT2D eigenvalue weighted by molar-refractivity contribution is 6.31. The molecule has 0 aromatic heterocycles. The van der Waals surface area contributed by atoms with Crippen molar-refractivity contribution < 1.29 is 4.79 Å². The van der Waals surface area contributed by atoms with Gasteiger partial charge in [0.1, 0.15) is 0 Å². The second kappa shape index (κ2) is 6.84. The lowest BCUT2D eigenvalue weighted by Crippen LogP contribution is -2.27. The monoisotopic (exact) mass is 383 g/mol. The van der Waals surface area contributed by atoms with Gasteiger partial charge >= 0.3 is 0 Å². The first-order valence-corrected chi connectivity index (χ1v) is 9.87. The van der Waals surface area contributed by atoms with Crippen LogP contribution in [0.1, 0.15) is 39.9 Å². The van der Waals surface area contributed by atoms with Crippen LogP contribution in [0.5, 0.6) is 0 Å². The molecule has 2 aromatic rings. The lowest BCUT2D eigenvalue weighted by atomic mass is 9.93. The van der Waals surface area contributed by atoms with E-state index in [1.807, 2.05) is 4.90 Å². The molecule has 2 N–H and O–H groups in total. The molecule has 1 fully saturated rings. The van der Waals surface area contributed by atoms with Crippen molar-refractivity contribution in [3.05, 3.63) is 63.7 Å². The largest absolute Gasteiger partial charge is 0.398 e. The van der Waals surface area contributed by atoms with E-state index in [2.05, 4.69) is 43.3 Å². The van der Waals surface area contributed by atoms with Gasteiger partial charge < -0.3 is 15.5 Å². The number of amides is 1. The molecule has 1 amide bonds. The summed E-state index contributed by atoms with van der Waals surface area (Å²) in [5, 5.41) is 0.518. The molecule has 0 saturated heterocycles. The molecule has 27 heavy (non-hydrogen) atoms. The molecule has 0 unspecified atom stereocenters. The fraction of sp³-hybridized carbons (Fsp3) is 0.409. The second-order valence-corrected chi connectivity index (χ2v) is 8.65. The third kappa shape index (κ3) is 3.56. The Morgan fingerprint density at radius 3 is 2.70 bits per heavy atom. The van der Waals surface area contributed by atoms with Crippen LogP contribution in [-0.4, -0.2) is 42.9 Å². The van der Waals surface area contributed by atoms with E-state index in [1.165, 1.54) is 24.0 Å². The van der Waals surface area contributed by atoms with Crippen LogP contribution in [0.2, 0.25) is 5.02 Å². The Morgan fingerprint density at radius 1 is 1.22 bits per heavy atom. The van der Waals surface area contributed by atoms with Crippen LogP contribution in [0.3, 0.4) is 0 Å². The predicted octanol–water partition coefficient (Wildman–Crippen LogP) is 3.71. The van der Waals surface area contributed by atoms with E-state index in [0.29, 0.717) is 34.8 Å². The quantitative estimate of drug-likeness (QED) is 0.773. The summed E-state index contributed by atoms with van der Waals surface area (Å²) >= 11 is 6.06. The zero-order valence-corrected chi connectivity index (χ0v) is 16.7. The number of nitrogen functional groups attached to an aromatic ring is 1. The number of hydrogen-bond donors (Lipinski definition) is 1. The van der Waals surface area contributed by atoms with Gasteiger partial charge in [-0.15, -0.1) is 0 Å². The summed E-state index contributed by atoms with van der Waals surface area (Å²) < 4.78 is 0. The molecule has 2 aromatic carbocycles. The summed E-state index contributed by atoms with van der Waals surface area (Å²) in [6.45, 7) is 2.35. The van der Waals surface area contributed by atoms with Crippen LogP contribution in [0.15, 0.2) is 36.4 Å². The third-order valence-corrected chi connectivity index (χ3v) is 6.02. The minimum atomic E-state index is 0.0293. The zero-order chi connectivity index (χ0) is 19.2. The Bertz CT molecular complexity index is 889. The maximum atomic E-state index is 12.7. The van der Waals surface area contributed by atoms with E-state index in [1.54, 1.807) is 12.1 Å². The maximum Gasteiger partial charge on any atom is 0.254 e. The first-order valence-electron chi connectivity index (χ1n) is 9.49. The fourth-order valence-electron chi connectivity index (χ4n) is 4.25. The minimum absolute atomic E-state index is 0.0293. The zero-order valence-electron chi connectivity index (χ0n) is 16.0. The first-order chi connectivity index (χ1) is 12.9. The van der Waals surface area contributed by atoms with E-state index in [-0.39, 0.29) is 5.91 Å². The van der Waals surface area contributed by atoms with Crippen LogP contribution in [-0.2, 0) is 18.4 Å². The highest BCUT2D eigenvalue weighted by Gasteiger charge is 2.44. The summed E-state index contributed by atoms with van der Waals surface area (Å²) in [6, 6.07) is 12.3. The molecular formula is C22H26ClN3O. The van der Waals surface area contributed by atoms with Gasteiger partial charge in [0.15, 0.2) is 0 Å². The van der Waals surface area contributed by atoms with E-state index < -0.39 is 0 Å². The molecule has 4 rings (SSSR count). The van der Waals surface area contributed by atoms with Crippen molar-refractivity contribution in [3.8, 4) is 0 Å². The molecule has 142 valence electrons. The van der Waals surface area contributed by atoms with Gasteiger partial charge in [0.25, 0.3) is 5.91 Å². The molecule has 1 aliphatic carbocycles. The minimum Gasteiger partial charge on any atom is -0.398 e. The van der Waals surface area contributed by atoms with Crippen molar-refractivity contribution in [3.63, 3.8) is 0 Å². The van der Waals surface area contributed by atoms with Crippen LogP contribution >= 0.6 is 11.6 Å². The van der Waals surface area contributed by atoms with Gasteiger partial charge in [0, 0.05) is 46.9 Å². The highest BCUT2D eigenvalue weighted by Crippen LogP contribution is 2.48. The van der Waals surface area contributed by atoms with Crippen molar-refractivity contribution >= 4 is 23.2 Å². The van der Waals surface area contributed by atoms with Crippen LogP contribution in [0, 0.1) is 0 Å². The van der Waals surface area contributed by atoms with Crippen LogP contribution < -0.4 is 5.73 Å². The molecule has 1 aliphatic heterocycles. The topological polar surface area (TPSA) is 49.6 Å². The first kappa shape index (κ1) is 18.3. The Labute approximate surface area is 165 Å². The molecule has 0 bridgehead atoms. The normalized spacial score (nSPS) is 17.5. The molecule has 4 nitrogen and oxygen atoms in total. The summed E-state index contributed by atoms with van der Waals surface area (Å²) in [5.41, 5.74) is 11.3.